The standard InChI is InChI=1S/C12H10I2O5S2/c13-5-3-6(14)10-9(4-5)20(15,16)11-7-1-2-8(19-7)12(11)21(10,17)18/h3-4,7-8,11-12H,1-2H2. The Bertz CT molecular complexity index is 862. The summed E-state index contributed by atoms with van der Waals surface area (Å²) in [7, 11) is -7.36. The van der Waals surface area contributed by atoms with Crippen LogP contribution in [0.4, 0.5) is 0 Å². The van der Waals surface area contributed by atoms with E-state index in [2.05, 4.69) is 0 Å². The first kappa shape index (κ1) is 15.1. The highest BCUT2D eigenvalue weighted by Gasteiger charge is 2.64. The van der Waals surface area contributed by atoms with Crippen molar-refractivity contribution in [1.82, 2.24) is 0 Å². The van der Waals surface area contributed by atoms with E-state index in [0.717, 1.165) is 3.57 Å². The van der Waals surface area contributed by atoms with Gasteiger partial charge in [-0.15, -0.1) is 0 Å². The first-order valence-corrected chi connectivity index (χ1v) is 11.6. The fraction of sp³-hybridized carbons (Fsp3) is 0.500. The van der Waals surface area contributed by atoms with Gasteiger partial charge in [0.15, 0.2) is 19.7 Å². The highest BCUT2D eigenvalue weighted by atomic mass is 127. The number of fused-ring (bicyclic) bond motifs is 6. The van der Waals surface area contributed by atoms with E-state index in [-0.39, 0.29) is 9.79 Å². The molecule has 4 rings (SSSR count). The van der Waals surface area contributed by atoms with Crippen molar-refractivity contribution in [3.63, 3.8) is 0 Å². The Kier molecular flexibility index (Phi) is 3.27. The summed E-state index contributed by atoms with van der Waals surface area (Å²) in [5.41, 5.74) is 0. The zero-order chi connectivity index (χ0) is 15.2. The lowest BCUT2D eigenvalue weighted by molar-refractivity contribution is 0.106. The Balaban J connectivity index is 2.12. The van der Waals surface area contributed by atoms with Gasteiger partial charge in [0.1, 0.15) is 10.5 Å². The topological polar surface area (TPSA) is 77.5 Å². The fourth-order valence-corrected chi connectivity index (χ4v) is 12.5. The van der Waals surface area contributed by atoms with Crippen LogP contribution in [0, 0.1) is 7.14 Å². The molecule has 3 aliphatic rings. The number of sulfone groups is 2. The number of ether oxygens (including phenoxy) is 1. The summed E-state index contributed by atoms with van der Waals surface area (Å²) in [5, 5.41) is -1.88. The van der Waals surface area contributed by atoms with Crippen LogP contribution < -0.4 is 0 Å². The minimum atomic E-state index is -3.68. The second-order valence-electron chi connectivity index (χ2n) is 5.52. The first-order valence-electron chi connectivity index (χ1n) is 6.37. The molecule has 4 unspecified atom stereocenters. The maximum atomic E-state index is 12.9. The number of benzene rings is 1. The van der Waals surface area contributed by atoms with Crippen LogP contribution in [0.25, 0.3) is 0 Å². The second kappa shape index (κ2) is 4.54. The van der Waals surface area contributed by atoms with E-state index in [1.807, 2.05) is 45.2 Å². The van der Waals surface area contributed by atoms with E-state index in [9.17, 15) is 16.8 Å². The summed E-state index contributed by atoms with van der Waals surface area (Å²) in [6, 6.07) is 3.16. The molecule has 0 N–H and O–H groups in total. The van der Waals surface area contributed by atoms with Crippen molar-refractivity contribution in [1.29, 1.82) is 0 Å². The zero-order valence-corrected chi connectivity index (χ0v) is 16.4. The van der Waals surface area contributed by atoms with E-state index in [1.165, 1.54) is 6.07 Å². The van der Waals surface area contributed by atoms with Crippen LogP contribution in [0.5, 0.6) is 0 Å². The lowest BCUT2D eigenvalue weighted by atomic mass is 10.00. The van der Waals surface area contributed by atoms with Gasteiger partial charge in [0.05, 0.1) is 22.0 Å². The van der Waals surface area contributed by atoms with Crippen molar-refractivity contribution < 1.29 is 21.6 Å². The van der Waals surface area contributed by atoms with E-state index in [1.54, 1.807) is 6.07 Å². The van der Waals surface area contributed by atoms with Gasteiger partial charge >= 0.3 is 0 Å². The molecule has 0 radical (unpaired) electrons. The van der Waals surface area contributed by atoms with Gasteiger partial charge in [-0.05, 0) is 70.2 Å². The highest BCUT2D eigenvalue weighted by Crippen LogP contribution is 2.50. The first-order chi connectivity index (χ1) is 9.74. The van der Waals surface area contributed by atoms with Gasteiger partial charge in [-0.3, -0.25) is 0 Å². The molecule has 3 aliphatic heterocycles. The van der Waals surface area contributed by atoms with Gasteiger partial charge in [0.25, 0.3) is 0 Å². The van der Waals surface area contributed by atoms with Gasteiger partial charge in [0.2, 0.25) is 0 Å². The molecule has 1 aromatic rings. The Labute approximate surface area is 149 Å². The Morgan fingerprint density at radius 1 is 0.952 bits per heavy atom. The Hall–Kier alpha value is 0.540. The van der Waals surface area contributed by atoms with Crippen molar-refractivity contribution in [3.05, 3.63) is 19.3 Å². The molecule has 9 heteroatoms. The van der Waals surface area contributed by atoms with E-state index in [0.29, 0.717) is 16.4 Å². The highest BCUT2D eigenvalue weighted by molar-refractivity contribution is 14.1. The molecule has 2 fully saturated rings. The molecule has 2 bridgehead atoms. The minimum absolute atomic E-state index is 0.0269. The van der Waals surface area contributed by atoms with Gasteiger partial charge in [-0.25, -0.2) is 16.8 Å². The van der Waals surface area contributed by atoms with E-state index >= 15 is 0 Å². The third-order valence-corrected chi connectivity index (χ3v) is 11.1. The van der Waals surface area contributed by atoms with Crippen LogP contribution in [-0.2, 0) is 24.4 Å². The lowest BCUT2D eigenvalue weighted by Crippen LogP contribution is -2.51. The molecule has 3 heterocycles. The number of rotatable bonds is 0. The molecule has 21 heavy (non-hydrogen) atoms. The number of halogens is 2. The molecule has 2 saturated heterocycles. The molecule has 0 amide bonds. The molecule has 0 saturated carbocycles. The third kappa shape index (κ3) is 1.86. The van der Waals surface area contributed by atoms with Crippen LogP contribution in [-0.4, -0.2) is 39.5 Å². The van der Waals surface area contributed by atoms with E-state index in [4.69, 9.17) is 4.74 Å². The smallest absolute Gasteiger partial charge is 0.187 e. The van der Waals surface area contributed by atoms with Gasteiger partial charge in [-0.1, -0.05) is 0 Å². The lowest BCUT2D eigenvalue weighted by Gasteiger charge is -2.33. The average Bonchev–Trinajstić information content (AvgIpc) is 2.96. The molecule has 1 aromatic carbocycles. The van der Waals surface area contributed by atoms with Crippen LogP contribution in [0.2, 0.25) is 0 Å². The van der Waals surface area contributed by atoms with E-state index < -0.39 is 42.4 Å². The van der Waals surface area contributed by atoms with Crippen molar-refractivity contribution in [3.8, 4) is 0 Å². The molecule has 0 aliphatic carbocycles. The van der Waals surface area contributed by atoms with Crippen molar-refractivity contribution in [2.75, 3.05) is 0 Å². The molecule has 5 nitrogen and oxygen atoms in total. The predicted molar refractivity (Wildman–Crippen MR) is 91.7 cm³/mol. The van der Waals surface area contributed by atoms with Crippen LogP contribution in [0.3, 0.4) is 0 Å². The maximum absolute atomic E-state index is 12.9. The van der Waals surface area contributed by atoms with Crippen LogP contribution >= 0.6 is 45.2 Å². The number of hydrogen-bond acceptors (Lipinski definition) is 5. The average molecular weight is 552 g/mol. The molecule has 114 valence electrons. The number of hydrogen-bond donors (Lipinski definition) is 0. The van der Waals surface area contributed by atoms with Gasteiger partial charge in [-0.2, -0.15) is 0 Å². The fourth-order valence-electron chi connectivity index (χ4n) is 3.66. The summed E-state index contributed by atoms with van der Waals surface area (Å²) >= 11 is 3.91. The monoisotopic (exact) mass is 552 g/mol. The summed E-state index contributed by atoms with van der Waals surface area (Å²) in [5.74, 6) is 0. The summed E-state index contributed by atoms with van der Waals surface area (Å²) in [4.78, 5) is -0.0721. The molecular formula is C12H10I2O5S2. The largest absolute Gasteiger partial charge is 0.372 e. The Morgan fingerprint density at radius 2 is 1.52 bits per heavy atom. The predicted octanol–water partition coefficient (Wildman–Crippen LogP) is 1.76. The van der Waals surface area contributed by atoms with Crippen molar-refractivity contribution >= 4 is 64.9 Å². The summed E-state index contributed by atoms with van der Waals surface area (Å²) in [6.07, 6.45) is 0.278. The molecule has 4 atom stereocenters. The summed E-state index contributed by atoms with van der Waals surface area (Å²) in [6.45, 7) is 0. The molecule has 0 spiro atoms. The molecular weight excluding hydrogens is 542 g/mol. The summed E-state index contributed by atoms with van der Waals surface area (Å²) < 4.78 is 58.5. The molecule has 0 aromatic heterocycles. The third-order valence-electron chi connectivity index (χ3n) is 4.42. The van der Waals surface area contributed by atoms with Gasteiger partial charge < -0.3 is 4.74 Å². The zero-order valence-electron chi connectivity index (χ0n) is 10.5. The SMILES string of the molecule is O=S1(=O)c2cc(I)cc(I)c2S(=O)(=O)C2C3CCC(O3)C21. The maximum Gasteiger partial charge on any atom is 0.187 e. The van der Waals surface area contributed by atoms with Gasteiger partial charge in [0, 0.05) is 7.14 Å². The van der Waals surface area contributed by atoms with Crippen molar-refractivity contribution in [2.24, 2.45) is 0 Å². The van der Waals surface area contributed by atoms with Crippen molar-refractivity contribution in [2.45, 2.75) is 45.3 Å². The second-order valence-corrected chi connectivity index (χ2v) is 12.0. The quantitative estimate of drug-likeness (QED) is 0.459. The Morgan fingerprint density at radius 3 is 2.14 bits per heavy atom. The minimum Gasteiger partial charge on any atom is -0.372 e. The normalized spacial score (nSPS) is 38.0. The van der Waals surface area contributed by atoms with Crippen LogP contribution in [0.1, 0.15) is 12.8 Å². The van der Waals surface area contributed by atoms with Crippen LogP contribution in [0.15, 0.2) is 21.9 Å².